The van der Waals surface area contributed by atoms with Crippen LogP contribution in [0.5, 0.6) is 5.75 Å². The van der Waals surface area contributed by atoms with Crippen LogP contribution in [-0.2, 0) is 4.74 Å². The van der Waals surface area contributed by atoms with Crippen LogP contribution in [0.15, 0.2) is 24.3 Å². The monoisotopic (exact) mass is 372 g/mol. The molecule has 3 nitrogen and oxygen atoms in total. The molecular weight excluding hydrogens is 343 g/mol. The maximum Gasteiger partial charge on any atom is 0.186 e. The number of aryl methyl sites for hydroxylation is 3. The Balaban J connectivity index is 2.14. The van der Waals surface area contributed by atoms with Crippen LogP contribution < -0.4 is 10.0 Å². The van der Waals surface area contributed by atoms with E-state index in [1.807, 2.05) is 39.0 Å². The lowest BCUT2D eigenvalue weighted by atomic mass is 9.95. The molecule has 0 saturated heterocycles. The second-order valence-corrected chi connectivity index (χ2v) is 7.85. The van der Waals surface area contributed by atoms with E-state index < -0.39 is 0 Å². The topological polar surface area (TPSA) is 35.5 Å². The van der Waals surface area contributed by atoms with Gasteiger partial charge in [0.05, 0.1) is 6.61 Å². The molecule has 0 bridgehead atoms. The van der Waals surface area contributed by atoms with Crippen molar-refractivity contribution in [2.24, 2.45) is 0 Å². The summed E-state index contributed by atoms with van der Waals surface area (Å²) in [4.78, 5) is 13.0. The Morgan fingerprint density at radius 1 is 0.923 bits per heavy atom. The van der Waals surface area contributed by atoms with Crippen molar-refractivity contribution in [1.82, 2.24) is 0 Å². The minimum Gasteiger partial charge on any atom is -0.491 e. The number of benzene rings is 2. The van der Waals surface area contributed by atoms with Gasteiger partial charge >= 0.3 is 0 Å². The summed E-state index contributed by atoms with van der Waals surface area (Å²) in [6.07, 6.45) is 0. The quantitative estimate of drug-likeness (QED) is 0.494. The van der Waals surface area contributed by atoms with E-state index in [-0.39, 0.29) is 14.1 Å². The molecule has 0 saturated carbocycles. The third kappa shape index (κ3) is 4.93. The fourth-order valence-electron chi connectivity index (χ4n) is 3.05. The molecule has 2 aromatic carbocycles. The molecule has 0 aliphatic carbocycles. The molecule has 0 N–H and O–H groups in total. The Labute approximate surface area is 158 Å². The van der Waals surface area contributed by atoms with E-state index >= 15 is 0 Å². The van der Waals surface area contributed by atoms with Crippen molar-refractivity contribution < 1.29 is 14.3 Å². The molecule has 2 aromatic rings. The minimum atomic E-state index is 0.120. The van der Waals surface area contributed by atoms with Gasteiger partial charge in [0, 0.05) is 12.2 Å². The third-order valence-electron chi connectivity index (χ3n) is 4.73. The van der Waals surface area contributed by atoms with Gasteiger partial charge in [-0.15, -0.1) is 0 Å². The van der Waals surface area contributed by atoms with E-state index in [1.165, 1.54) is 11.1 Å². The summed E-state index contributed by atoms with van der Waals surface area (Å²) in [5, 5.41) is 1.07. The largest absolute Gasteiger partial charge is 0.491 e. The van der Waals surface area contributed by atoms with Crippen LogP contribution in [0.1, 0.15) is 45.1 Å². The SMILES string of the molecule is CCOCCOc1ccc(PC(=O)c2c(C)cc(C)c(C)c2C)c(C)c1. The normalized spacial score (nSPS) is 11.3. The number of carbonyl (C=O) groups is 1. The van der Waals surface area contributed by atoms with Gasteiger partial charge in [-0.05, 0) is 95.4 Å². The van der Waals surface area contributed by atoms with E-state index in [4.69, 9.17) is 9.47 Å². The van der Waals surface area contributed by atoms with Gasteiger partial charge in [-0.25, -0.2) is 0 Å². The number of carbonyl (C=O) groups excluding carboxylic acids is 1. The third-order valence-corrected chi connectivity index (χ3v) is 6.04. The maximum absolute atomic E-state index is 13.0. The first-order valence-corrected chi connectivity index (χ1v) is 10.0. The standard InChI is InChI=1S/C22H29O3P/c1-7-24-10-11-25-19-8-9-20(15(3)13-19)26-22(23)21-16(4)12-14(2)17(5)18(21)6/h8-9,12-13,26H,7,10-11H2,1-6H3. The number of hydrogen-bond acceptors (Lipinski definition) is 3. The molecule has 1 unspecified atom stereocenters. The van der Waals surface area contributed by atoms with Crippen LogP contribution in [0, 0.1) is 34.6 Å². The Bertz CT molecular complexity index is 796. The van der Waals surface area contributed by atoms with Crippen LogP contribution in [0.2, 0.25) is 0 Å². The molecule has 1 atom stereocenters. The molecular formula is C22H29O3P. The zero-order valence-corrected chi connectivity index (χ0v) is 17.7. The van der Waals surface area contributed by atoms with E-state index in [2.05, 4.69) is 26.8 Å². The zero-order chi connectivity index (χ0) is 19.3. The molecule has 2 rings (SSSR count). The van der Waals surface area contributed by atoms with Crippen molar-refractivity contribution in [3.05, 3.63) is 57.6 Å². The predicted octanol–water partition coefficient (Wildman–Crippen LogP) is 4.79. The average molecular weight is 372 g/mol. The van der Waals surface area contributed by atoms with Crippen LogP contribution in [0.3, 0.4) is 0 Å². The molecule has 0 aliphatic heterocycles. The minimum absolute atomic E-state index is 0.120. The molecule has 26 heavy (non-hydrogen) atoms. The van der Waals surface area contributed by atoms with Crippen molar-refractivity contribution in [3.8, 4) is 5.75 Å². The molecule has 0 radical (unpaired) electrons. The summed E-state index contributed by atoms with van der Waals surface area (Å²) in [6, 6.07) is 8.06. The van der Waals surface area contributed by atoms with Gasteiger partial charge in [0.2, 0.25) is 0 Å². The van der Waals surface area contributed by atoms with Gasteiger partial charge in [-0.1, -0.05) is 12.1 Å². The van der Waals surface area contributed by atoms with Crippen LogP contribution >= 0.6 is 8.58 Å². The Morgan fingerprint density at radius 2 is 1.65 bits per heavy atom. The molecule has 0 fully saturated rings. The fourth-order valence-corrected chi connectivity index (χ4v) is 4.24. The molecule has 0 aliphatic rings. The van der Waals surface area contributed by atoms with E-state index in [9.17, 15) is 4.79 Å². The van der Waals surface area contributed by atoms with Crippen molar-refractivity contribution in [1.29, 1.82) is 0 Å². The lowest BCUT2D eigenvalue weighted by Crippen LogP contribution is -2.10. The summed E-state index contributed by atoms with van der Waals surface area (Å²) in [5.41, 5.74) is 6.79. The Morgan fingerprint density at radius 3 is 2.31 bits per heavy atom. The van der Waals surface area contributed by atoms with Crippen molar-refractivity contribution in [2.75, 3.05) is 19.8 Å². The molecule has 0 aromatic heterocycles. The fraction of sp³-hybridized carbons (Fsp3) is 0.409. The molecule has 140 valence electrons. The highest BCUT2D eigenvalue weighted by Crippen LogP contribution is 2.29. The lowest BCUT2D eigenvalue weighted by Gasteiger charge is -2.15. The smallest absolute Gasteiger partial charge is 0.186 e. The summed E-state index contributed by atoms with van der Waals surface area (Å²) in [5.74, 6) is 0.821. The van der Waals surface area contributed by atoms with E-state index in [1.54, 1.807) is 0 Å². The number of rotatable bonds is 8. The highest BCUT2D eigenvalue weighted by Gasteiger charge is 2.17. The maximum atomic E-state index is 13.0. The highest BCUT2D eigenvalue weighted by atomic mass is 31.1. The first-order valence-electron chi connectivity index (χ1n) is 9.05. The average Bonchev–Trinajstić information content (AvgIpc) is 2.59. The summed E-state index contributed by atoms with van der Waals surface area (Å²) < 4.78 is 11.0. The Hall–Kier alpha value is -1.70. The molecule has 0 spiro atoms. The number of hydrogen-bond donors (Lipinski definition) is 0. The van der Waals surface area contributed by atoms with Crippen LogP contribution in [0.4, 0.5) is 0 Å². The van der Waals surface area contributed by atoms with Crippen LogP contribution in [-0.4, -0.2) is 25.3 Å². The Kier molecular flexibility index (Phi) is 7.37. The predicted molar refractivity (Wildman–Crippen MR) is 111 cm³/mol. The zero-order valence-electron chi connectivity index (χ0n) is 16.7. The summed E-state index contributed by atoms with van der Waals surface area (Å²) in [7, 11) is 0.120. The first kappa shape index (κ1) is 20.6. The second-order valence-electron chi connectivity index (χ2n) is 6.61. The first-order chi connectivity index (χ1) is 12.3. The van der Waals surface area contributed by atoms with Gasteiger partial charge in [-0.2, -0.15) is 0 Å². The van der Waals surface area contributed by atoms with E-state index in [0.717, 1.165) is 33.3 Å². The van der Waals surface area contributed by atoms with Gasteiger partial charge in [0.15, 0.2) is 5.52 Å². The van der Waals surface area contributed by atoms with E-state index in [0.29, 0.717) is 19.8 Å². The molecule has 4 heteroatoms. The second kappa shape index (κ2) is 9.30. The van der Waals surface area contributed by atoms with Gasteiger partial charge < -0.3 is 9.47 Å². The molecule has 0 amide bonds. The van der Waals surface area contributed by atoms with Gasteiger partial charge in [0.1, 0.15) is 12.4 Å². The summed E-state index contributed by atoms with van der Waals surface area (Å²) in [6.45, 7) is 14.1. The van der Waals surface area contributed by atoms with Crippen molar-refractivity contribution in [2.45, 2.75) is 41.5 Å². The van der Waals surface area contributed by atoms with Crippen LogP contribution in [0.25, 0.3) is 0 Å². The van der Waals surface area contributed by atoms with Gasteiger partial charge in [-0.3, -0.25) is 4.79 Å². The summed E-state index contributed by atoms with van der Waals surface area (Å²) >= 11 is 0. The van der Waals surface area contributed by atoms with Crippen molar-refractivity contribution >= 4 is 19.4 Å². The highest BCUT2D eigenvalue weighted by molar-refractivity contribution is 7.66. The molecule has 0 heterocycles. The van der Waals surface area contributed by atoms with Gasteiger partial charge in [0.25, 0.3) is 0 Å². The number of ether oxygens (including phenoxy) is 2. The van der Waals surface area contributed by atoms with Crippen molar-refractivity contribution in [3.63, 3.8) is 0 Å². The lowest BCUT2D eigenvalue weighted by molar-refractivity contribution is 0.108.